The number of aliphatic hydroxyl groups is 1. The van der Waals surface area contributed by atoms with Crippen molar-refractivity contribution in [1.29, 1.82) is 0 Å². The highest BCUT2D eigenvalue weighted by Crippen LogP contribution is 2.27. The molecule has 1 saturated heterocycles. The summed E-state index contributed by atoms with van der Waals surface area (Å²) in [6, 6.07) is 5.76. The number of nitrogens with one attached hydrogen (secondary N) is 2. The Labute approximate surface area is 119 Å². The molecule has 0 spiro atoms. The number of carbonyl (C=O) groups is 1. The van der Waals surface area contributed by atoms with E-state index in [2.05, 4.69) is 15.5 Å². The number of fused-ring (bicyclic) bond motifs is 1. The van der Waals surface area contributed by atoms with Gasteiger partial charge < -0.3 is 20.6 Å². The van der Waals surface area contributed by atoms with Gasteiger partial charge in [-0.05, 0) is 23.6 Å². The molecule has 2 aliphatic rings. The smallest absolute Gasteiger partial charge is 0.228 e. The monoisotopic (exact) mass is 275 g/mol. The third kappa shape index (κ3) is 3.00. The summed E-state index contributed by atoms with van der Waals surface area (Å²) in [7, 11) is 0. The van der Waals surface area contributed by atoms with Crippen LogP contribution in [0.4, 0.5) is 5.69 Å². The Kier molecular flexibility index (Phi) is 4.00. The van der Waals surface area contributed by atoms with Crippen LogP contribution in [0.5, 0.6) is 0 Å². The first-order chi connectivity index (χ1) is 9.72. The van der Waals surface area contributed by atoms with E-state index in [1.165, 1.54) is 0 Å². The molecule has 3 N–H and O–H groups in total. The van der Waals surface area contributed by atoms with Crippen molar-refractivity contribution in [3.63, 3.8) is 0 Å². The zero-order valence-electron chi connectivity index (χ0n) is 11.6. The summed E-state index contributed by atoms with van der Waals surface area (Å²) in [5.74, 6) is 0.0347. The van der Waals surface area contributed by atoms with Gasteiger partial charge >= 0.3 is 0 Å². The molecule has 20 heavy (non-hydrogen) atoms. The van der Waals surface area contributed by atoms with Crippen LogP contribution < -0.4 is 10.6 Å². The molecule has 3 rings (SSSR count). The van der Waals surface area contributed by atoms with E-state index >= 15 is 0 Å². The normalized spacial score (nSPS) is 20.6. The lowest BCUT2D eigenvalue weighted by Crippen LogP contribution is -2.44. The first-order valence-corrected chi connectivity index (χ1v) is 7.26. The molecule has 1 fully saturated rings. The maximum atomic E-state index is 11.3. The molecule has 1 amide bonds. The second kappa shape index (κ2) is 5.91. The van der Waals surface area contributed by atoms with E-state index in [0.717, 1.165) is 56.0 Å². The number of carbonyl (C=O) groups excluding carboxylic acids is 1. The van der Waals surface area contributed by atoms with Crippen LogP contribution in [0.2, 0.25) is 0 Å². The number of amides is 1. The fraction of sp³-hybridized carbons (Fsp3) is 0.533. The molecule has 0 aliphatic carbocycles. The van der Waals surface area contributed by atoms with E-state index in [0.29, 0.717) is 6.42 Å². The molecule has 1 aromatic carbocycles. The third-order valence-electron chi connectivity index (χ3n) is 4.07. The van der Waals surface area contributed by atoms with E-state index in [9.17, 15) is 9.90 Å². The van der Waals surface area contributed by atoms with Crippen LogP contribution in [0.3, 0.4) is 0 Å². The topological polar surface area (TPSA) is 64.6 Å². The van der Waals surface area contributed by atoms with Crippen molar-refractivity contribution in [3.05, 3.63) is 29.3 Å². The van der Waals surface area contributed by atoms with Gasteiger partial charge in [0.25, 0.3) is 0 Å². The Hall–Kier alpha value is -1.43. The lowest BCUT2D eigenvalue weighted by Gasteiger charge is -2.28. The molecule has 2 heterocycles. The first-order valence-electron chi connectivity index (χ1n) is 7.26. The number of aliphatic hydroxyl groups excluding tert-OH is 1. The van der Waals surface area contributed by atoms with Crippen molar-refractivity contribution < 1.29 is 9.90 Å². The molecule has 108 valence electrons. The van der Waals surface area contributed by atoms with Crippen molar-refractivity contribution in [2.75, 3.05) is 38.0 Å². The number of hydrogen-bond acceptors (Lipinski definition) is 4. The summed E-state index contributed by atoms with van der Waals surface area (Å²) in [5, 5.41) is 16.4. The Balaban J connectivity index is 1.58. The molecule has 0 aromatic heterocycles. The maximum Gasteiger partial charge on any atom is 0.228 e. The summed E-state index contributed by atoms with van der Waals surface area (Å²) in [6.07, 6.45) is 0.708. The predicted molar refractivity (Wildman–Crippen MR) is 77.7 cm³/mol. The van der Waals surface area contributed by atoms with Crippen molar-refractivity contribution in [2.45, 2.75) is 18.9 Å². The van der Waals surface area contributed by atoms with E-state index < -0.39 is 6.10 Å². The van der Waals surface area contributed by atoms with Gasteiger partial charge in [-0.15, -0.1) is 0 Å². The highest BCUT2D eigenvalue weighted by Gasteiger charge is 2.19. The average Bonchev–Trinajstić information content (AvgIpc) is 2.85. The van der Waals surface area contributed by atoms with Gasteiger partial charge in [0.1, 0.15) is 0 Å². The molecule has 1 unspecified atom stereocenters. The van der Waals surface area contributed by atoms with Gasteiger partial charge in [-0.1, -0.05) is 12.1 Å². The van der Waals surface area contributed by atoms with Gasteiger partial charge in [0.05, 0.1) is 12.5 Å². The molecule has 1 aromatic rings. The van der Waals surface area contributed by atoms with Crippen molar-refractivity contribution >= 4 is 11.6 Å². The minimum atomic E-state index is -0.453. The van der Waals surface area contributed by atoms with Crippen molar-refractivity contribution in [1.82, 2.24) is 10.2 Å². The second-order valence-corrected chi connectivity index (χ2v) is 5.54. The fourth-order valence-electron chi connectivity index (χ4n) is 2.86. The number of piperazine rings is 1. The zero-order chi connectivity index (χ0) is 13.9. The lowest BCUT2D eigenvalue weighted by molar-refractivity contribution is -0.115. The number of anilines is 1. The maximum absolute atomic E-state index is 11.3. The van der Waals surface area contributed by atoms with Gasteiger partial charge in [-0.2, -0.15) is 0 Å². The Morgan fingerprint density at radius 3 is 2.90 bits per heavy atom. The highest BCUT2D eigenvalue weighted by atomic mass is 16.3. The van der Waals surface area contributed by atoms with Crippen LogP contribution in [-0.2, 0) is 11.2 Å². The number of nitrogens with zero attached hydrogens (tertiary/aromatic N) is 1. The minimum Gasteiger partial charge on any atom is -0.388 e. The van der Waals surface area contributed by atoms with E-state index in [4.69, 9.17) is 0 Å². The van der Waals surface area contributed by atoms with Crippen molar-refractivity contribution in [3.8, 4) is 0 Å². The standard InChI is InChI=1S/C15H21N3O2/c19-14(3-6-18-7-4-16-5-8-18)11-1-2-13-12(9-11)10-15(20)17-13/h1-2,9,14,16,19H,3-8,10H2,(H,17,20). The van der Waals surface area contributed by atoms with Crippen LogP contribution >= 0.6 is 0 Å². The van der Waals surface area contributed by atoms with Crippen LogP contribution in [0, 0.1) is 0 Å². The van der Waals surface area contributed by atoms with Crippen LogP contribution in [-0.4, -0.2) is 48.6 Å². The Bertz CT molecular complexity index is 498. The van der Waals surface area contributed by atoms with Gasteiger partial charge in [0.15, 0.2) is 0 Å². The number of benzene rings is 1. The average molecular weight is 275 g/mol. The van der Waals surface area contributed by atoms with E-state index in [-0.39, 0.29) is 5.91 Å². The summed E-state index contributed by atoms with van der Waals surface area (Å²) in [6.45, 7) is 5.08. The predicted octanol–water partition coefficient (Wildman–Crippen LogP) is 0.510. The van der Waals surface area contributed by atoms with Crippen molar-refractivity contribution in [2.24, 2.45) is 0 Å². The van der Waals surface area contributed by atoms with Gasteiger partial charge in [0.2, 0.25) is 5.91 Å². The van der Waals surface area contributed by atoms with Gasteiger partial charge in [-0.25, -0.2) is 0 Å². The van der Waals surface area contributed by atoms with Gasteiger partial charge in [-0.3, -0.25) is 4.79 Å². The first kappa shape index (κ1) is 13.5. The fourth-order valence-corrected chi connectivity index (χ4v) is 2.86. The third-order valence-corrected chi connectivity index (χ3v) is 4.07. The summed E-state index contributed by atoms with van der Waals surface area (Å²) >= 11 is 0. The number of rotatable bonds is 4. The molecule has 0 radical (unpaired) electrons. The summed E-state index contributed by atoms with van der Waals surface area (Å²) in [5.41, 5.74) is 2.79. The highest BCUT2D eigenvalue weighted by molar-refractivity contribution is 5.99. The van der Waals surface area contributed by atoms with Crippen LogP contribution in [0.25, 0.3) is 0 Å². The molecule has 2 aliphatic heterocycles. The molecule has 1 atom stereocenters. The Morgan fingerprint density at radius 1 is 1.30 bits per heavy atom. The Morgan fingerprint density at radius 2 is 2.10 bits per heavy atom. The molecule has 5 nitrogen and oxygen atoms in total. The zero-order valence-corrected chi connectivity index (χ0v) is 11.6. The summed E-state index contributed by atoms with van der Waals surface area (Å²) < 4.78 is 0. The number of hydrogen-bond donors (Lipinski definition) is 3. The largest absolute Gasteiger partial charge is 0.388 e. The molecular formula is C15H21N3O2. The van der Waals surface area contributed by atoms with E-state index in [1.807, 2.05) is 18.2 Å². The quantitative estimate of drug-likeness (QED) is 0.749. The molecular weight excluding hydrogens is 254 g/mol. The van der Waals surface area contributed by atoms with Crippen LogP contribution in [0.15, 0.2) is 18.2 Å². The SMILES string of the molecule is O=C1Cc2cc(C(O)CCN3CCNCC3)ccc2N1. The van der Waals surface area contributed by atoms with Gasteiger partial charge in [0, 0.05) is 38.4 Å². The lowest BCUT2D eigenvalue weighted by atomic mass is 10.0. The molecule has 5 heteroatoms. The minimum absolute atomic E-state index is 0.0347. The summed E-state index contributed by atoms with van der Waals surface area (Å²) in [4.78, 5) is 13.7. The molecule has 0 saturated carbocycles. The molecule has 0 bridgehead atoms. The second-order valence-electron chi connectivity index (χ2n) is 5.54. The van der Waals surface area contributed by atoms with Crippen LogP contribution in [0.1, 0.15) is 23.7 Å². The van der Waals surface area contributed by atoms with E-state index in [1.54, 1.807) is 0 Å².